The molecule has 0 aliphatic heterocycles. The van der Waals surface area contributed by atoms with Crippen molar-refractivity contribution in [2.24, 2.45) is 0 Å². The highest BCUT2D eigenvalue weighted by atomic mass is 16.6. The minimum atomic E-state index is -0.807. The molecule has 0 spiro atoms. The number of hydrogen-bond acceptors (Lipinski definition) is 5. The number of amides is 2. The van der Waals surface area contributed by atoms with Crippen LogP contribution in [0, 0.1) is 0 Å². The monoisotopic (exact) mass is 376 g/mol. The maximum absolute atomic E-state index is 12.5. The van der Waals surface area contributed by atoms with E-state index in [9.17, 15) is 14.4 Å². The molecule has 1 rings (SSSR count). The van der Waals surface area contributed by atoms with Gasteiger partial charge in [0, 0.05) is 19.0 Å². The highest BCUT2D eigenvalue weighted by molar-refractivity contribution is 5.86. The maximum Gasteiger partial charge on any atom is 0.408 e. The van der Waals surface area contributed by atoms with Gasteiger partial charge < -0.3 is 20.1 Å². The summed E-state index contributed by atoms with van der Waals surface area (Å²) in [6.45, 7) is 7.38. The summed E-state index contributed by atoms with van der Waals surface area (Å²) in [4.78, 5) is 35.8. The van der Waals surface area contributed by atoms with Crippen LogP contribution in [0.15, 0.2) is 42.5 Å². The summed E-state index contributed by atoms with van der Waals surface area (Å²) >= 11 is 0. The summed E-state index contributed by atoms with van der Waals surface area (Å²) in [5, 5.41) is 5.27. The second kappa shape index (κ2) is 11.0. The number of benzene rings is 1. The van der Waals surface area contributed by atoms with Crippen LogP contribution in [-0.4, -0.2) is 42.8 Å². The molecule has 1 aromatic carbocycles. The first-order valence-corrected chi connectivity index (χ1v) is 8.85. The number of hydrogen-bond donors (Lipinski definition) is 2. The number of carbonyl (C=O) groups is 3. The zero-order chi connectivity index (χ0) is 20.3. The number of ether oxygens (including phenoxy) is 2. The summed E-state index contributed by atoms with van der Waals surface area (Å²) in [6.07, 6.45) is 2.38. The molecule has 0 saturated heterocycles. The molecule has 1 aromatic rings. The van der Waals surface area contributed by atoms with Gasteiger partial charge in [-0.3, -0.25) is 4.79 Å². The van der Waals surface area contributed by atoms with Crippen molar-refractivity contribution in [3.8, 4) is 0 Å². The third-order valence-corrected chi connectivity index (χ3v) is 3.22. The van der Waals surface area contributed by atoms with Gasteiger partial charge in [-0.05, 0) is 33.3 Å². The molecule has 0 radical (unpaired) electrons. The fourth-order valence-corrected chi connectivity index (χ4v) is 2.14. The van der Waals surface area contributed by atoms with Gasteiger partial charge in [0.2, 0.25) is 5.91 Å². The summed E-state index contributed by atoms with van der Waals surface area (Å²) < 4.78 is 10.00. The molecule has 0 fully saturated rings. The smallest absolute Gasteiger partial charge is 0.408 e. The molecule has 0 bridgehead atoms. The maximum atomic E-state index is 12.5. The van der Waals surface area contributed by atoms with Gasteiger partial charge in [-0.25, -0.2) is 9.59 Å². The highest BCUT2D eigenvalue weighted by Gasteiger charge is 2.24. The molecule has 0 heterocycles. The van der Waals surface area contributed by atoms with Crippen molar-refractivity contribution in [2.75, 3.05) is 13.2 Å². The van der Waals surface area contributed by atoms with Crippen LogP contribution >= 0.6 is 0 Å². The first kappa shape index (κ1) is 22.2. The van der Waals surface area contributed by atoms with E-state index >= 15 is 0 Å². The minimum Gasteiger partial charge on any atom is -0.463 e. The fraction of sp³-hybridized carbons (Fsp3) is 0.450. The molecule has 2 amide bonds. The van der Waals surface area contributed by atoms with Gasteiger partial charge in [-0.2, -0.15) is 0 Å². The molecule has 0 aromatic heterocycles. The molecule has 0 unspecified atom stereocenters. The standard InChI is InChI=1S/C20H28N2O5/c1-5-26-17(23)12-9-13-21-18(24)16(14-15-10-7-6-8-11-15)22-19(25)27-20(2,3)4/h6-12,16H,5,13-14H2,1-4H3,(H,21,24)(H,22,25)/b12-9-/t16-/m1/s1. The Kier molecular flexibility index (Phi) is 9.05. The quantitative estimate of drug-likeness (QED) is 0.537. The van der Waals surface area contributed by atoms with Gasteiger partial charge in [-0.1, -0.05) is 36.4 Å². The van der Waals surface area contributed by atoms with Crippen LogP contribution in [0.25, 0.3) is 0 Å². The van der Waals surface area contributed by atoms with Gasteiger partial charge in [0.25, 0.3) is 0 Å². The zero-order valence-corrected chi connectivity index (χ0v) is 16.3. The van der Waals surface area contributed by atoms with E-state index < -0.39 is 23.7 Å². The Labute approximate surface area is 160 Å². The first-order chi connectivity index (χ1) is 12.7. The highest BCUT2D eigenvalue weighted by Crippen LogP contribution is 2.08. The second-order valence-corrected chi connectivity index (χ2v) is 6.79. The lowest BCUT2D eigenvalue weighted by molar-refractivity contribution is -0.137. The Morgan fingerprint density at radius 3 is 2.41 bits per heavy atom. The second-order valence-electron chi connectivity index (χ2n) is 6.79. The van der Waals surface area contributed by atoms with Gasteiger partial charge in [-0.15, -0.1) is 0 Å². The van der Waals surface area contributed by atoms with Gasteiger partial charge in [0.15, 0.2) is 0 Å². The predicted molar refractivity (Wildman–Crippen MR) is 102 cm³/mol. The van der Waals surface area contributed by atoms with Crippen LogP contribution < -0.4 is 10.6 Å². The Bertz CT molecular complexity index is 650. The molecule has 0 aliphatic rings. The summed E-state index contributed by atoms with van der Waals surface area (Å²) in [6, 6.07) is 8.54. The fourth-order valence-electron chi connectivity index (χ4n) is 2.14. The zero-order valence-electron chi connectivity index (χ0n) is 16.3. The largest absolute Gasteiger partial charge is 0.463 e. The first-order valence-electron chi connectivity index (χ1n) is 8.85. The lowest BCUT2D eigenvalue weighted by Crippen LogP contribution is -2.49. The van der Waals surface area contributed by atoms with E-state index in [1.165, 1.54) is 12.2 Å². The molecular weight excluding hydrogens is 348 g/mol. The van der Waals surface area contributed by atoms with Crippen LogP contribution in [0.5, 0.6) is 0 Å². The Hall–Kier alpha value is -2.83. The lowest BCUT2D eigenvalue weighted by atomic mass is 10.1. The van der Waals surface area contributed by atoms with Crippen LogP contribution in [0.4, 0.5) is 4.79 Å². The van der Waals surface area contributed by atoms with Gasteiger partial charge in [0.05, 0.1) is 6.61 Å². The summed E-state index contributed by atoms with van der Waals surface area (Å²) in [7, 11) is 0. The van der Waals surface area contributed by atoms with Crippen molar-refractivity contribution in [1.82, 2.24) is 10.6 Å². The van der Waals surface area contributed by atoms with Crippen LogP contribution in [0.3, 0.4) is 0 Å². The molecule has 27 heavy (non-hydrogen) atoms. The van der Waals surface area contributed by atoms with Gasteiger partial charge >= 0.3 is 12.1 Å². The Morgan fingerprint density at radius 1 is 1.15 bits per heavy atom. The Balaban J connectivity index is 2.70. The average Bonchev–Trinajstić information content (AvgIpc) is 2.57. The topological polar surface area (TPSA) is 93.7 Å². The van der Waals surface area contributed by atoms with Crippen molar-refractivity contribution in [3.63, 3.8) is 0 Å². The molecule has 7 heteroatoms. The van der Waals surface area contributed by atoms with Crippen molar-refractivity contribution >= 4 is 18.0 Å². The van der Waals surface area contributed by atoms with E-state index in [0.29, 0.717) is 6.42 Å². The summed E-state index contributed by atoms with van der Waals surface area (Å²) in [5.74, 6) is -0.849. The normalized spacial score (nSPS) is 12.3. The van der Waals surface area contributed by atoms with Crippen LogP contribution in [0.1, 0.15) is 33.3 Å². The van der Waals surface area contributed by atoms with E-state index in [-0.39, 0.29) is 19.1 Å². The molecular formula is C20H28N2O5. The van der Waals surface area contributed by atoms with Crippen molar-refractivity contribution in [3.05, 3.63) is 48.0 Å². The number of carbonyl (C=O) groups excluding carboxylic acids is 3. The molecule has 7 nitrogen and oxygen atoms in total. The van der Waals surface area contributed by atoms with Crippen molar-refractivity contribution < 1.29 is 23.9 Å². The van der Waals surface area contributed by atoms with E-state index in [1.54, 1.807) is 27.7 Å². The number of alkyl carbamates (subject to hydrolysis) is 1. The van der Waals surface area contributed by atoms with Crippen molar-refractivity contribution in [2.45, 2.75) is 45.8 Å². The minimum absolute atomic E-state index is 0.138. The molecule has 0 saturated carbocycles. The SMILES string of the molecule is CCOC(=O)/C=C\CNC(=O)[C@@H](Cc1ccccc1)NC(=O)OC(C)(C)C. The average molecular weight is 376 g/mol. The van der Waals surface area contributed by atoms with E-state index in [0.717, 1.165) is 5.56 Å². The van der Waals surface area contributed by atoms with Crippen LogP contribution in [-0.2, 0) is 25.5 Å². The molecule has 0 aliphatic carbocycles. The predicted octanol–water partition coefficient (Wildman–Crippen LogP) is 2.36. The van der Waals surface area contributed by atoms with Crippen molar-refractivity contribution in [1.29, 1.82) is 0 Å². The molecule has 2 N–H and O–H groups in total. The van der Waals surface area contributed by atoms with E-state index in [4.69, 9.17) is 9.47 Å². The third-order valence-electron chi connectivity index (χ3n) is 3.22. The van der Waals surface area contributed by atoms with Crippen LogP contribution in [0.2, 0.25) is 0 Å². The number of esters is 1. The molecule has 1 atom stereocenters. The Morgan fingerprint density at radius 2 is 1.81 bits per heavy atom. The number of nitrogens with one attached hydrogen (secondary N) is 2. The summed E-state index contributed by atoms with van der Waals surface area (Å²) in [5.41, 5.74) is 0.232. The number of rotatable bonds is 8. The van der Waals surface area contributed by atoms with Gasteiger partial charge in [0.1, 0.15) is 11.6 Å². The third kappa shape index (κ3) is 10.0. The lowest BCUT2D eigenvalue weighted by Gasteiger charge is -2.23. The van der Waals surface area contributed by atoms with E-state index in [2.05, 4.69) is 10.6 Å². The molecule has 148 valence electrons. The van der Waals surface area contributed by atoms with E-state index in [1.807, 2.05) is 30.3 Å².